The fraction of sp³-hybridized carbons (Fsp3) is 0.182. The highest BCUT2D eigenvalue weighted by molar-refractivity contribution is 9.10. The zero-order valence-electron chi connectivity index (χ0n) is 14.9. The maximum Gasteiger partial charge on any atom is 0.254 e. The molecule has 136 valence electrons. The van der Waals surface area contributed by atoms with Crippen LogP contribution in [0.2, 0.25) is 0 Å². The number of hydrogen-bond donors (Lipinski definition) is 0. The molecule has 1 atom stereocenters. The Hall–Kier alpha value is -2.66. The van der Waals surface area contributed by atoms with Crippen LogP contribution in [0.3, 0.4) is 0 Å². The van der Waals surface area contributed by atoms with Crippen LogP contribution in [0.1, 0.15) is 17.3 Å². The Morgan fingerprint density at radius 3 is 2.44 bits per heavy atom. The number of carbonyl (C=O) groups excluding carboxylic acids is 2. The maximum absolute atomic E-state index is 13.1. The van der Waals surface area contributed by atoms with Crippen LogP contribution in [-0.2, 0) is 4.79 Å². The van der Waals surface area contributed by atoms with Gasteiger partial charge in [-0.05, 0) is 42.6 Å². The van der Waals surface area contributed by atoms with Crippen molar-refractivity contribution < 1.29 is 9.59 Å². The molecule has 0 saturated carbocycles. The van der Waals surface area contributed by atoms with Crippen molar-refractivity contribution >= 4 is 44.2 Å². The summed E-state index contributed by atoms with van der Waals surface area (Å²) >= 11 is 3.38. The van der Waals surface area contributed by atoms with E-state index in [1.807, 2.05) is 54.6 Å². The number of halogens is 1. The van der Waals surface area contributed by atoms with E-state index in [1.165, 1.54) is 0 Å². The molecular formula is C22H19BrN2O2. The van der Waals surface area contributed by atoms with E-state index in [1.54, 1.807) is 28.9 Å². The Balaban J connectivity index is 1.61. The molecule has 0 N–H and O–H groups in total. The number of piperazine rings is 1. The van der Waals surface area contributed by atoms with Gasteiger partial charge in [0.1, 0.15) is 6.04 Å². The van der Waals surface area contributed by atoms with Gasteiger partial charge in [0, 0.05) is 28.5 Å². The summed E-state index contributed by atoms with van der Waals surface area (Å²) in [7, 11) is 0. The van der Waals surface area contributed by atoms with Crippen LogP contribution < -0.4 is 4.90 Å². The van der Waals surface area contributed by atoms with Crippen molar-refractivity contribution in [2.75, 3.05) is 18.0 Å². The van der Waals surface area contributed by atoms with Gasteiger partial charge < -0.3 is 9.80 Å². The first-order valence-electron chi connectivity index (χ1n) is 8.92. The number of nitrogens with zero attached hydrogens (tertiary/aromatic N) is 2. The van der Waals surface area contributed by atoms with E-state index in [-0.39, 0.29) is 11.8 Å². The third-order valence-corrected chi connectivity index (χ3v) is 5.59. The van der Waals surface area contributed by atoms with E-state index in [0.717, 1.165) is 20.9 Å². The van der Waals surface area contributed by atoms with Crippen LogP contribution >= 0.6 is 15.9 Å². The Morgan fingerprint density at radius 1 is 0.963 bits per heavy atom. The highest BCUT2D eigenvalue weighted by Crippen LogP contribution is 2.29. The minimum atomic E-state index is -0.506. The molecule has 1 aliphatic heterocycles. The summed E-state index contributed by atoms with van der Waals surface area (Å²) in [6.45, 7) is 2.79. The number of hydrogen-bond acceptors (Lipinski definition) is 2. The third-order valence-electron chi connectivity index (χ3n) is 5.06. The van der Waals surface area contributed by atoms with Crippen LogP contribution in [-0.4, -0.2) is 35.8 Å². The minimum Gasteiger partial charge on any atom is -0.325 e. The Bertz CT molecular complexity index is 1010. The monoisotopic (exact) mass is 422 g/mol. The van der Waals surface area contributed by atoms with Crippen LogP contribution in [0, 0.1) is 0 Å². The van der Waals surface area contributed by atoms with E-state index in [0.29, 0.717) is 18.7 Å². The predicted octanol–water partition coefficient (Wildman–Crippen LogP) is 4.48. The number of amides is 2. The second-order valence-electron chi connectivity index (χ2n) is 6.67. The molecule has 0 radical (unpaired) electrons. The molecule has 4 rings (SSSR count). The Morgan fingerprint density at radius 2 is 1.67 bits per heavy atom. The molecule has 0 bridgehead atoms. The second-order valence-corrected chi connectivity index (χ2v) is 7.59. The fourth-order valence-electron chi connectivity index (χ4n) is 3.59. The predicted molar refractivity (Wildman–Crippen MR) is 111 cm³/mol. The smallest absolute Gasteiger partial charge is 0.254 e. The molecule has 27 heavy (non-hydrogen) atoms. The summed E-state index contributed by atoms with van der Waals surface area (Å²) in [4.78, 5) is 29.4. The lowest BCUT2D eigenvalue weighted by molar-refractivity contribution is -0.124. The number of benzene rings is 3. The molecule has 1 saturated heterocycles. The summed E-state index contributed by atoms with van der Waals surface area (Å²) in [6.07, 6.45) is 0. The molecule has 1 aliphatic rings. The molecule has 3 aromatic carbocycles. The molecule has 0 aromatic heterocycles. The molecule has 0 spiro atoms. The first kappa shape index (κ1) is 17.7. The van der Waals surface area contributed by atoms with Gasteiger partial charge in [0.2, 0.25) is 5.91 Å². The van der Waals surface area contributed by atoms with Crippen LogP contribution in [0.4, 0.5) is 5.69 Å². The summed E-state index contributed by atoms with van der Waals surface area (Å²) < 4.78 is 0.920. The van der Waals surface area contributed by atoms with Crippen molar-refractivity contribution in [2.24, 2.45) is 0 Å². The number of anilines is 1. The van der Waals surface area contributed by atoms with E-state index in [2.05, 4.69) is 15.9 Å². The quantitative estimate of drug-likeness (QED) is 0.610. The van der Waals surface area contributed by atoms with Gasteiger partial charge >= 0.3 is 0 Å². The second kappa shape index (κ2) is 7.16. The van der Waals surface area contributed by atoms with Crippen molar-refractivity contribution in [3.63, 3.8) is 0 Å². The first-order chi connectivity index (χ1) is 13.1. The van der Waals surface area contributed by atoms with Crippen LogP contribution in [0.5, 0.6) is 0 Å². The molecule has 4 nitrogen and oxygen atoms in total. The standard InChI is InChI=1S/C22H19BrN2O2/c1-15-21(26)25(20-8-4-6-16-5-2-3-7-19(16)20)14-13-24(15)22(27)17-9-11-18(23)12-10-17/h2-12,15H,13-14H2,1H3/t15-/m1/s1. The van der Waals surface area contributed by atoms with Crippen LogP contribution in [0.15, 0.2) is 71.2 Å². The SMILES string of the molecule is C[C@@H]1C(=O)N(c2cccc3ccccc23)CCN1C(=O)c1ccc(Br)cc1. The zero-order chi connectivity index (χ0) is 19.0. The molecular weight excluding hydrogens is 404 g/mol. The van der Waals surface area contributed by atoms with Gasteiger partial charge in [-0.25, -0.2) is 0 Å². The molecule has 2 amide bonds. The van der Waals surface area contributed by atoms with Crippen molar-refractivity contribution in [3.05, 3.63) is 76.8 Å². The van der Waals surface area contributed by atoms with Crippen molar-refractivity contribution in [1.82, 2.24) is 4.90 Å². The minimum absolute atomic E-state index is 0.0527. The maximum atomic E-state index is 13.1. The van der Waals surface area contributed by atoms with E-state index in [4.69, 9.17) is 0 Å². The van der Waals surface area contributed by atoms with Gasteiger partial charge in [0.25, 0.3) is 5.91 Å². The van der Waals surface area contributed by atoms with Crippen molar-refractivity contribution in [3.8, 4) is 0 Å². The molecule has 3 aromatic rings. The third kappa shape index (κ3) is 3.23. The molecule has 5 heteroatoms. The van der Waals surface area contributed by atoms with Crippen LogP contribution in [0.25, 0.3) is 10.8 Å². The number of carbonyl (C=O) groups is 2. The normalized spacial score (nSPS) is 17.4. The topological polar surface area (TPSA) is 40.6 Å². The molecule has 0 unspecified atom stereocenters. The number of rotatable bonds is 2. The first-order valence-corrected chi connectivity index (χ1v) is 9.71. The highest BCUT2D eigenvalue weighted by atomic mass is 79.9. The molecule has 1 heterocycles. The van der Waals surface area contributed by atoms with E-state index in [9.17, 15) is 9.59 Å². The summed E-state index contributed by atoms with van der Waals surface area (Å²) in [6, 6.07) is 20.8. The van der Waals surface area contributed by atoms with Gasteiger partial charge in [-0.3, -0.25) is 9.59 Å². The largest absolute Gasteiger partial charge is 0.325 e. The molecule has 1 fully saturated rings. The lowest BCUT2D eigenvalue weighted by atomic mass is 10.0. The van der Waals surface area contributed by atoms with E-state index < -0.39 is 6.04 Å². The van der Waals surface area contributed by atoms with Gasteiger partial charge in [-0.1, -0.05) is 52.3 Å². The fourth-order valence-corrected chi connectivity index (χ4v) is 3.85. The van der Waals surface area contributed by atoms with Gasteiger partial charge in [-0.2, -0.15) is 0 Å². The highest BCUT2D eigenvalue weighted by Gasteiger charge is 2.35. The Labute approximate surface area is 166 Å². The van der Waals surface area contributed by atoms with Gasteiger partial charge in [0.05, 0.1) is 5.69 Å². The van der Waals surface area contributed by atoms with Crippen molar-refractivity contribution in [1.29, 1.82) is 0 Å². The lowest BCUT2D eigenvalue weighted by Crippen LogP contribution is -2.57. The summed E-state index contributed by atoms with van der Waals surface area (Å²) in [5.74, 6) is -0.163. The average molecular weight is 423 g/mol. The van der Waals surface area contributed by atoms with Crippen molar-refractivity contribution in [2.45, 2.75) is 13.0 Å². The Kier molecular flexibility index (Phi) is 4.70. The lowest BCUT2D eigenvalue weighted by Gasteiger charge is -2.39. The van der Waals surface area contributed by atoms with Gasteiger partial charge in [-0.15, -0.1) is 0 Å². The van der Waals surface area contributed by atoms with Gasteiger partial charge in [0.15, 0.2) is 0 Å². The molecule has 0 aliphatic carbocycles. The number of fused-ring (bicyclic) bond motifs is 1. The zero-order valence-corrected chi connectivity index (χ0v) is 16.5. The average Bonchev–Trinajstić information content (AvgIpc) is 2.70. The van der Waals surface area contributed by atoms with E-state index >= 15 is 0 Å². The summed E-state index contributed by atoms with van der Waals surface area (Å²) in [5, 5.41) is 2.15. The summed E-state index contributed by atoms with van der Waals surface area (Å²) in [5.41, 5.74) is 1.50.